The molecule has 3 fully saturated rings. The Kier molecular flexibility index (Phi) is 17.1. The van der Waals surface area contributed by atoms with Gasteiger partial charge in [-0.15, -0.1) is 0 Å². The quantitative estimate of drug-likeness (QED) is 0.0928. The van der Waals surface area contributed by atoms with Crippen molar-refractivity contribution in [1.82, 2.24) is 35.8 Å². The molecule has 14 nitrogen and oxygen atoms in total. The first-order chi connectivity index (χ1) is 24.5. The molecular formula is C36H69N10O4P. The fourth-order valence-electron chi connectivity index (χ4n) is 7.61. The number of anilines is 3. The highest BCUT2D eigenvalue weighted by molar-refractivity contribution is 7.53. The van der Waals surface area contributed by atoms with Crippen molar-refractivity contribution in [3.8, 4) is 0 Å². The molecule has 1 aromatic rings. The van der Waals surface area contributed by atoms with Crippen LogP contribution in [0.2, 0.25) is 0 Å². The summed E-state index contributed by atoms with van der Waals surface area (Å²) in [6.45, 7) is 16.5. The number of amides is 1. The van der Waals surface area contributed by atoms with Crippen LogP contribution in [-0.4, -0.2) is 115 Å². The number of rotatable bonds is 20. The number of nitrogens with zero attached hydrogens (tertiary/aromatic N) is 5. The van der Waals surface area contributed by atoms with Gasteiger partial charge in [-0.3, -0.25) is 14.3 Å². The van der Waals surface area contributed by atoms with Crippen molar-refractivity contribution in [3.63, 3.8) is 0 Å². The van der Waals surface area contributed by atoms with Gasteiger partial charge in [0.1, 0.15) is 6.04 Å². The largest absolute Gasteiger partial charge is 0.368 e. The summed E-state index contributed by atoms with van der Waals surface area (Å²) in [4.78, 5) is 31.4. The summed E-state index contributed by atoms with van der Waals surface area (Å²) in [5.74, 6) is 2.35. The number of nitrogens with two attached hydrogens (primary N) is 1. The summed E-state index contributed by atoms with van der Waals surface area (Å²) in [5.41, 5.74) is 5.80. The number of nitrogens with one attached hydrogen (secondary N) is 4. The summed E-state index contributed by atoms with van der Waals surface area (Å²) < 4.78 is 24.0. The number of carbonyl (C=O) groups excluding carboxylic acids is 1. The lowest BCUT2D eigenvalue weighted by atomic mass is 9.82. The Morgan fingerprint density at radius 3 is 2.25 bits per heavy atom. The fraction of sp³-hybridized carbons (Fsp3) is 0.889. The van der Waals surface area contributed by atoms with Crippen molar-refractivity contribution in [2.24, 2.45) is 11.8 Å². The third-order valence-electron chi connectivity index (χ3n) is 10.3. The van der Waals surface area contributed by atoms with Crippen molar-refractivity contribution >= 4 is 31.3 Å². The number of hydrogen-bond acceptors (Lipinski definition) is 13. The lowest BCUT2D eigenvalue weighted by Crippen LogP contribution is -2.61. The number of nitrogen functional groups attached to an aromatic ring is 1. The number of aromatic nitrogens is 3. The Morgan fingerprint density at radius 2 is 1.59 bits per heavy atom. The van der Waals surface area contributed by atoms with Gasteiger partial charge in [0.15, 0.2) is 0 Å². The number of piperazine rings is 1. The second-order valence-corrected chi connectivity index (χ2v) is 17.9. The highest BCUT2D eigenvalue weighted by Gasteiger charge is 2.35. The SMILES string of the molecule is CCOP(=O)(CCCN1CCN(c2nc(N)nc(NCC3CCC(CNCCCNC4CCCCC4)CC3)n2)CC1C(=O)NC(C)(C)C)OCC. The van der Waals surface area contributed by atoms with E-state index in [0.29, 0.717) is 69.8 Å². The molecule has 0 spiro atoms. The summed E-state index contributed by atoms with van der Waals surface area (Å²) in [6, 6.07) is 0.296. The normalized spacial score (nSPS) is 22.6. The van der Waals surface area contributed by atoms with Crippen LogP contribution in [0, 0.1) is 11.8 Å². The fourth-order valence-corrected chi connectivity index (χ4v) is 9.26. The highest BCUT2D eigenvalue weighted by atomic mass is 31.2. The molecule has 3 aliphatic rings. The third-order valence-corrected chi connectivity index (χ3v) is 12.4. The van der Waals surface area contributed by atoms with Crippen LogP contribution in [0.25, 0.3) is 0 Å². The van der Waals surface area contributed by atoms with E-state index in [4.69, 9.17) is 19.8 Å². The van der Waals surface area contributed by atoms with Crippen molar-refractivity contribution in [1.29, 1.82) is 0 Å². The van der Waals surface area contributed by atoms with E-state index >= 15 is 0 Å². The average Bonchev–Trinajstić information content (AvgIpc) is 3.09. The predicted molar refractivity (Wildman–Crippen MR) is 206 cm³/mol. The number of carbonyl (C=O) groups is 1. The summed E-state index contributed by atoms with van der Waals surface area (Å²) in [7, 11) is -3.16. The molecule has 1 aromatic heterocycles. The summed E-state index contributed by atoms with van der Waals surface area (Å²) in [5, 5.41) is 14.0. The van der Waals surface area contributed by atoms with E-state index in [-0.39, 0.29) is 17.4 Å². The second kappa shape index (κ2) is 21.0. The maximum Gasteiger partial charge on any atom is 0.330 e. The van der Waals surface area contributed by atoms with Crippen LogP contribution in [0.5, 0.6) is 0 Å². The molecule has 2 saturated carbocycles. The minimum absolute atomic E-state index is 0.0668. The van der Waals surface area contributed by atoms with Crippen LogP contribution in [0.1, 0.15) is 105 Å². The predicted octanol–water partition coefficient (Wildman–Crippen LogP) is 4.64. The highest BCUT2D eigenvalue weighted by Crippen LogP contribution is 2.48. The molecule has 6 N–H and O–H groups in total. The molecule has 51 heavy (non-hydrogen) atoms. The Bertz CT molecular complexity index is 1210. The lowest BCUT2D eigenvalue weighted by molar-refractivity contribution is -0.128. The molecule has 292 valence electrons. The summed E-state index contributed by atoms with van der Waals surface area (Å²) >= 11 is 0. The van der Waals surface area contributed by atoms with Crippen molar-refractivity contribution in [2.75, 3.05) is 87.7 Å². The Labute approximate surface area is 307 Å². The van der Waals surface area contributed by atoms with Gasteiger partial charge in [-0.25, -0.2) is 0 Å². The van der Waals surface area contributed by atoms with Crippen LogP contribution in [-0.2, 0) is 18.4 Å². The van der Waals surface area contributed by atoms with E-state index in [0.717, 1.165) is 38.1 Å². The van der Waals surface area contributed by atoms with Gasteiger partial charge < -0.3 is 40.9 Å². The van der Waals surface area contributed by atoms with Gasteiger partial charge in [-0.05, 0) is 124 Å². The molecule has 1 saturated heterocycles. The molecule has 0 bridgehead atoms. The Morgan fingerprint density at radius 1 is 0.902 bits per heavy atom. The van der Waals surface area contributed by atoms with Gasteiger partial charge in [0.05, 0.1) is 19.4 Å². The monoisotopic (exact) mass is 737 g/mol. The van der Waals surface area contributed by atoms with Gasteiger partial charge in [-0.1, -0.05) is 19.3 Å². The van der Waals surface area contributed by atoms with E-state index in [1.807, 2.05) is 39.5 Å². The van der Waals surface area contributed by atoms with E-state index in [1.165, 1.54) is 64.2 Å². The van der Waals surface area contributed by atoms with E-state index < -0.39 is 13.6 Å². The van der Waals surface area contributed by atoms with E-state index in [9.17, 15) is 9.36 Å². The zero-order valence-electron chi connectivity index (χ0n) is 32.3. The first-order valence-electron chi connectivity index (χ1n) is 19.9. The molecule has 0 radical (unpaired) electrons. The lowest BCUT2D eigenvalue weighted by Gasteiger charge is -2.41. The zero-order valence-corrected chi connectivity index (χ0v) is 33.2. The van der Waals surface area contributed by atoms with Crippen LogP contribution >= 0.6 is 7.60 Å². The smallest absolute Gasteiger partial charge is 0.330 e. The molecule has 1 aliphatic heterocycles. The van der Waals surface area contributed by atoms with Crippen LogP contribution in [0.15, 0.2) is 0 Å². The van der Waals surface area contributed by atoms with Gasteiger partial charge in [0, 0.05) is 37.8 Å². The first kappa shape index (κ1) is 41.7. The van der Waals surface area contributed by atoms with Crippen LogP contribution in [0.4, 0.5) is 17.8 Å². The van der Waals surface area contributed by atoms with E-state index in [2.05, 4.69) is 36.1 Å². The Balaban J connectivity index is 1.23. The minimum Gasteiger partial charge on any atom is -0.368 e. The van der Waals surface area contributed by atoms with E-state index in [1.54, 1.807) is 0 Å². The molecule has 2 aliphatic carbocycles. The zero-order chi connectivity index (χ0) is 36.7. The first-order valence-corrected chi connectivity index (χ1v) is 21.6. The average molecular weight is 737 g/mol. The van der Waals surface area contributed by atoms with Crippen molar-refractivity contribution in [3.05, 3.63) is 0 Å². The van der Waals surface area contributed by atoms with Gasteiger partial charge in [0.2, 0.25) is 23.8 Å². The molecule has 4 rings (SSSR count). The molecule has 1 atom stereocenters. The standard InChI is InChI=1S/C36H69N10O4P/c1-6-49-51(48,50-7-2)24-12-21-45-22-23-46(27-31(45)32(47)44-36(3,4)5)35-42-33(37)41-34(43-35)40-26-29-17-15-28(16-18-29)25-38-19-11-20-39-30-13-9-8-10-14-30/h28-31,38-39H,6-27H2,1-5H3,(H,44,47)(H3,37,40,41,42,43). The summed E-state index contributed by atoms with van der Waals surface area (Å²) in [6.07, 6.45) is 13.8. The second-order valence-electron chi connectivity index (χ2n) is 15.7. The van der Waals surface area contributed by atoms with Gasteiger partial charge in [-0.2, -0.15) is 15.0 Å². The van der Waals surface area contributed by atoms with Crippen molar-refractivity contribution < 1.29 is 18.4 Å². The van der Waals surface area contributed by atoms with Gasteiger partial charge >= 0.3 is 7.60 Å². The molecular weight excluding hydrogens is 667 g/mol. The molecule has 15 heteroatoms. The third kappa shape index (κ3) is 14.7. The molecule has 0 aromatic carbocycles. The topological polar surface area (TPSA) is 172 Å². The van der Waals surface area contributed by atoms with Crippen LogP contribution < -0.4 is 31.9 Å². The van der Waals surface area contributed by atoms with Gasteiger partial charge in [0.25, 0.3) is 0 Å². The maximum absolute atomic E-state index is 13.6. The maximum atomic E-state index is 13.6. The Hall–Kier alpha value is -2.09. The molecule has 1 amide bonds. The van der Waals surface area contributed by atoms with Crippen LogP contribution in [0.3, 0.4) is 0 Å². The number of hydrogen-bond donors (Lipinski definition) is 5. The van der Waals surface area contributed by atoms with Crippen molar-refractivity contribution in [2.45, 2.75) is 123 Å². The molecule has 2 heterocycles. The minimum atomic E-state index is -3.16. The molecule has 1 unspecified atom stereocenters.